The lowest BCUT2D eigenvalue weighted by Crippen LogP contribution is -2.41. The van der Waals surface area contributed by atoms with Gasteiger partial charge in [-0.15, -0.1) is 0 Å². The molecule has 0 unspecified atom stereocenters. The van der Waals surface area contributed by atoms with E-state index in [0.29, 0.717) is 6.54 Å². The highest BCUT2D eigenvalue weighted by Gasteiger charge is 2.51. The highest BCUT2D eigenvalue weighted by Crippen LogP contribution is 2.36. The summed E-state index contributed by atoms with van der Waals surface area (Å²) >= 11 is 0. The van der Waals surface area contributed by atoms with Crippen LogP contribution in [0, 0.1) is 6.92 Å². The monoisotopic (exact) mass is 366 g/mol. The van der Waals surface area contributed by atoms with Crippen LogP contribution in [0.2, 0.25) is 0 Å². The summed E-state index contributed by atoms with van der Waals surface area (Å²) in [6.45, 7) is 10.6. The van der Waals surface area contributed by atoms with Gasteiger partial charge in [-0.25, -0.2) is 4.79 Å². The number of carbonyl (C=O) groups is 1. The molecule has 2 amide bonds. The van der Waals surface area contributed by atoms with Crippen LogP contribution in [-0.4, -0.2) is 24.4 Å². The molecule has 1 heterocycles. The Labute approximate surface area is 161 Å². The van der Waals surface area contributed by atoms with Crippen molar-refractivity contribution in [3.8, 4) is 0 Å². The van der Waals surface area contributed by atoms with Crippen LogP contribution in [-0.2, 0) is 15.9 Å². The molecule has 2 N–H and O–H groups in total. The molecule has 1 saturated heterocycles. The summed E-state index contributed by atoms with van der Waals surface area (Å²) in [7, 11) is -0.408. The van der Waals surface area contributed by atoms with E-state index in [-0.39, 0.29) is 17.2 Å². The van der Waals surface area contributed by atoms with Gasteiger partial charge in [-0.05, 0) is 57.3 Å². The third-order valence-electron chi connectivity index (χ3n) is 5.32. The van der Waals surface area contributed by atoms with Crippen LogP contribution in [0.5, 0.6) is 0 Å². The van der Waals surface area contributed by atoms with Gasteiger partial charge in [0.2, 0.25) is 0 Å². The van der Waals surface area contributed by atoms with Gasteiger partial charge < -0.3 is 19.9 Å². The summed E-state index contributed by atoms with van der Waals surface area (Å²) in [4.78, 5) is 12.2. The third kappa shape index (κ3) is 4.34. The Morgan fingerprint density at radius 2 is 1.63 bits per heavy atom. The van der Waals surface area contributed by atoms with Crippen LogP contribution >= 0.6 is 0 Å². The number of nitrogens with one attached hydrogen (secondary N) is 2. The van der Waals surface area contributed by atoms with Crippen molar-refractivity contribution in [2.45, 2.75) is 52.4 Å². The van der Waals surface area contributed by atoms with Crippen molar-refractivity contribution in [1.29, 1.82) is 0 Å². The molecule has 2 aromatic rings. The number of hydrogen-bond acceptors (Lipinski definition) is 3. The Hall–Kier alpha value is -2.31. The minimum Gasteiger partial charge on any atom is -0.399 e. The van der Waals surface area contributed by atoms with Gasteiger partial charge >= 0.3 is 13.1 Å². The number of hydrogen-bond donors (Lipinski definition) is 2. The molecule has 0 aliphatic carbocycles. The third-order valence-corrected chi connectivity index (χ3v) is 5.32. The number of aryl methyl sites for hydroxylation is 1. The van der Waals surface area contributed by atoms with Crippen LogP contribution in [0.1, 0.15) is 38.8 Å². The molecule has 27 heavy (non-hydrogen) atoms. The number of carbonyl (C=O) groups excluding carboxylic acids is 1. The minimum absolute atomic E-state index is 0.231. The molecule has 1 aliphatic rings. The highest BCUT2D eigenvalue weighted by molar-refractivity contribution is 6.62. The Balaban J connectivity index is 1.62. The SMILES string of the molecule is Cc1cc(B2OC(C)(C)C(C)(C)O2)ccc1NC(=O)NCc1ccccc1. The van der Waals surface area contributed by atoms with E-state index in [0.717, 1.165) is 22.3 Å². The fourth-order valence-corrected chi connectivity index (χ4v) is 2.90. The van der Waals surface area contributed by atoms with Crippen molar-refractivity contribution in [2.24, 2.45) is 0 Å². The summed E-state index contributed by atoms with van der Waals surface area (Å²) in [5, 5.41) is 5.77. The molecule has 1 fully saturated rings. The second-order valence-corrected chi connectivity index (χ2v) is 7.96. The zero-order valence-electron chi connectivity index (χ0n) is 16.6. The van der Waals surface area contributed by atoms with Crippen LogP contribution in [0.25, 0.3) is 0 Å². The normalized spacial score (nSPS) is 17.6. The van der Waals surface area contributed by atoms with Crippen LogP contribution < -0.4 is 16.1 Å². The molecule has 0 saturated carbocycles. The van der Waals surface area contributed by atoms with Crippen molar-refractivity contribution < 1.29 is 14.1 Å². The molecule has 2 aromatic carbocycles. The van der Waals surface area contributed by atoms with Crippen molar-refractivity contribution in [3.05, 3.63) is 59.7 Å². The topological polar surface area (TPSA) is 59.6 Å². The average molecular weight is 366 g/mol. The van der Waals surface area contributed by atoms with Crippen LogP contribution in [0.3, 0.4) is 0 Å². The standard InChI is InChI=1S/C21H27BN2O3/c1-15-13-17(22-26-20(2,3)21(4,5)27-22)11-12-18(15)24-19(25)23-14-16-9-7-6-8-10-16/h6-13H,14H2,1-5H3,(H2,23,24,25). The summed E-state index contributed by atoms with van der Waals surface area (Å²) in [5.74, 6) is 0. The number of benzene rings is 2. The summed E-state index contributed by atoms with van der Waals surface area (Å²) in [6.07, 6.45) is 0. The Morgan fingerprint density at radius 1 is 1.00 bits per heavy atom. The number of anilines is 1. The summed E-state index contributed by atoms with van der Waals surface area (Å²) in [6, 6.07) is 15.4. The zero-order chi connectivity index (χ0) is 19.7. The Bertz CT molecular complexity index is 805. The maximum absolute atomic E-state index is 12.2. The lowest BCUT2D eigenvalue weighted by molar-refractivity contribution is 0.00578. The second-order valence-electron chi connectivity index (χ2n) is 7.96. The van der Waals surface area contributed by atoms with Gasteiger partial charge in [0, 0.05) is 12.2 Å². The van der Waals surface area contributed by atoms with Gasteiger partial charge in [0.15, 0.2) is 0 Å². The molecule has 0 bridgehead atoms. The first-order chi connectivity index (χ1) is 12.7. The van der Waals surface area contributed by atoms with Crippen molar-refractivity contribution >= 4 is 24.3 Å². The van der Waals surface area contributed by atoms with E-state index in [1.54, 1.807) is 0 Å². The molecular formula is C21H27BN2O3. The van der Waals surface area contributed by atoms with Crippen LogP contribution in [0.15, 0.2) is 48.5 Å². The van der Waals surface area contributed by atoms with Gasteiger partial charge in [0.25, 0.3) is 0 Å². The smallest absolute Gasteiger partial charge is 0.399 e. The van der Waals surface area contributed by atoms with Gasteiger partial charge in [-0.1, -0.05) is 42.5 Å². The molecule has 5 nitrogen and oxygen atoms in total. The minimum atomic E-state index is -0.408. The Morgan fingerprint density at radius 3 is 2.22 bits per heavy atom. The van der Waals surface area contributed by atoms with E-state index < -0.39 is 7.12 Å². The molecule has 142 valence electrons. The predicted octanol–water partition coefficient (Wildman–Crippen LogP) is 3.62. The number of rotatable bonds is 4. The molecule has 0 radical (unpaired) electrons. The van der Waals surface area contributed by atoms with Crippen molar-refractivity contribution in [1.82, 2.24) is 5.32 Å². The quantitative estimate of drug-likeness (QED) is 0.813. The fraction of sp³-hybridized carbons (Fsp3) is 0.381. The van der Waals surface area contributed by atoms with E-state index in [9.17, 15) is 4.79 Å². The Kier molecular flexibility index (Phi) is 5.31. The molecular weight excluding hydrogens is 339 g/mol. The fourth-order valence-electron chi connectivity index (χ4n) is 2.90. The van der Waals surface area contributed by atoms with E-state index in [1.807, 2.05) is 83.1 Å². The first kappa shape index (κ1) is 19.5. The van der Waals surface area contributed by atoms with E-state index in [2.05, 4.69) is 10.6 Å². The first-order valence-electron chi connectivity index (χ1n) is 9.23. The molecule has 6 heteroatoms. The van der Waals surface area contributed by atoms with Crippen molar-refractivity contribution in [2.75, 3.05) is 5.32 Å². The number of urea groups is 1. The van der Waals surface area contributed by atoms with Gasteiger partial charge in [0.1, 0.15) is 0 Å². The average Bonchev–Trinajstić information content (AvgIpc) is 2.83. The van der Waals surface area contributed by atoms with E-state index >= 15 is 0 Å². The first-order valence-corrected chi connectivity index (χ1v) is 9.23. The summed E-state index contributed by atoms with van der Waals surface area (Å²) < 4.78 is 12.2. The largest absolute Gasteiger partial charge is 0.494 e. The van der Waals surface area contributed by atoms with Crippen LogP contribution in [0.4, 0.5) is 10.5 Å². The molecule has 3 rings (SSSR count). The van der Waals surface area contributed by atoms with E-state index in [4.69, 9.17) is 9.31 Å². The van der Waals surface area contributed by atoms with Gasteiger partial charge in [0.05, 0.1) is 11.2 Å². The molecule has 0 spiro atoms. The summed E-state index contributed by atoms with van der Waals surface area (Å²) in [5.41, 5.74) is 2.97. The van der Waals surface area contributed by atoms with Gasteiger partial charge in [-0.3, -0.25) is 0 Å². The molecule has 0 atom stereocenters. The predicted molar refractivity (Wildman–Crippen MR) is 109 cm³/mol. The highest BCUT2D eigenvalue weighted by atomic mass is 16.7. The lowest BCUT2D eigenvalue weighted by atomic mass is 9.78. The second kappa shape index (κ2) is 7.37. The maximum atomic E-state index is 12.2. The molecule has 0 aromatic heterocycles. The lowest BCUT2D eigenvalue weighted by Gasteiger charge is -2.32. The van der Waals surface area contributed by atoms with Gasteiger partial charge in [-0.2, -0.15) is 0 Å². The maximum Gasteiger partial charge on any atom is 0.494 e. The molecule has 1 aliphatic heterocycles. The van der Waals surface area contributed by atoms with E-state index in [1.165, 1.54) is 0 Å². The number of amides is 2. The zero-order valence-corrected chi connectivity index (χ0v) is 16.6. The van der Waals surface area contributed by atoms with Crippen molar-refractivity contribution in [3.63, 3.8) is 0 Å².